The number of carbonyl (C=O) groups is 2. The number of hydrogen-bond donors (Lipinski definition) is 2. The Morgan fingerprint density at radius 1 is 1.33 bits per heavy atom. The first-order chi connectivity index (χ1) is 16.1. The molecule has 1 aromatic carbocycles. The zero-order chi connectivity index (χ0) is 22.7. The Hall–Kier alpha value is -3.64. The van der Waals surface area contributed by atoms with Crippen molar-refractivity contribution in [3.63, 3.8) is 0 Å². The molecule has 1 aliphatic carbocycles. The number of nitrogens with zero attached hydrogens (tertiary/aromatic N) is 3. The average molecular weight is 445 g/mol. The number of ether oxygens (including phenoxy) is 2. The molecule has 3 aliphatic heterocycles. The molecule has 0 unspecified atom stereocenters. The maximum atomic E-state index is 12.5. The van der Waals surface area contributed by atoms with E-state index in [1.165, 1.54) is 7.11 Å². The second-order valence-electron chi connectivity index (χ2n) is 9.06. The molecule has 4 heterocycles. The molecule has 6 rings (SSSR count). The fraction of sp³-hybridized carbons (Fsp3) is 0.417. The van der Waals surface area contributed by atoms with Gasteiger partial charge in [-0.3, -0.25) is 9.88 Å². The van der Waals surface area contributed by atoms with E-state index in [1.807, 2.05) is 30.5 Å². The van der Waals surface area contributed by atoms with Crippen LogP contribution >= 0.6 is 0 Å². The molecule has 33 heavy (non-hydrogen) atoms. The van der Waals surface area contributed by atoms with Crippen LogP contribution in [0.4, 0.5) is 15.3 Å². The third-order valence-corrected chi connectivity index (χ3v) is 7.59. The largest absolute Gasteiger partial charge is 0.453 e. The number of aromatic nitrogens is 1. The van der Waals surface area contributed by atoms with E-state index in [9.17, 15) is 14.9 Å². The highest BCUT2D eigenvalue weighted by Gasteiger charge is 2.69. The minimum absolute atomic E-state index is 0.168. The minimum Gasteiger partial charge on any atom is -0.453 e. The number of cyclic esters (lactones) is 1. The standard InChI is InChI=1S/C24H23N5O4/c1-32-22(30)28-11-20-19-7-15-6-13(2-4-18(15)29(19)23(31)33-20)14-3-5-21(27-8-14)24(12-25)16-9-26-10-17(16)24/h2-6,8,16-17,19-20,26H,7,9-11H2,1H3,(H,28,30)/t16-,17+,19-,20-,24+/m0/s1. The Labute approximate surface area is 190 Å². The lowest BCUT2D eigenvalue weighted by Gasteiger charge is -2.16. The number of fused-ring (bicyclic) bond motifs is 4. The highest BCUT2D eigenvalue weighted by atomic mass is 16.6. The molecule has 4 aliphatic rings. The van der Waals surface area contributed by atoms with Crippen LogP contribution in [-0.2, 0) is 21.3 Å². The van der Waals surface area contributed by atoms with Crippen LogP contribution in [-0.4, -0.2) is 56.1 Å². The zero-order valence-electron chi connectivity index (χ0n) is 18.1. The predicted octanol–water partition coefficient (Wildman–Crippen LogP) is 1.97. The molecule has 2 saturated heterocycles. The summed E-state index contributed by atoms with van der Waals surface area (Å²) in [6.07, 6.45) is 1.08. The molecular weight excluding hydrogens is 422 g/mol. The predicted molar refractivity (Wildman–Crippen MR) is 117 cm³/mol. The Bertz CT molecular complexity index is 1180. The summed E-state index contributed by atoms with van der Waals surface area (Å²) in [6.45, 7) is 1.95. The first-order valence-corrected chi connectivity index (χ1v) is 11.1. The Kier molecular flexibility index (Phi) is 4.35. The molecule has 9 nitrogen and oxygen atoms in total. The van der Waals surface area contributed by atoms with Crippen molar-refractivity contribution in [2.24, 2.45) is 11.8 Å². The van der Waals surface area contributed by atoms with Crippen LogP contribution in [0.5, 0.6) is 0 Å². The fourth-order valence-corrected chi connectivity index (χ4v) is 5.84. The summed E-state index contributed by atoms with van der Waals surface area (Å²) in [5, 5.41) is 15.8. The van der Waals surface area contributed by atoms with Crippen LogP contribution in [0.25, 0.3) is 11.1 Å². The lowest BCUT2D eigenvalue weighted by Crippen LogP contribution is -2.40. The monoisotopic (exact) mass is 445 g/mol. The summed E-state index contributed by atoms with van der Waals surface area (Å²) in [7, 11) is 1.30. The van der Waals surface area contributed by atoms with Crippen molar-refractivity contribution in [1.82, 2.24) is 15.6 Å². The van der Waals surface area contributed by atoms with Gasteiger partial charge >= 0.3 is 12.2 Å². The Morgan fingerprint density at radius 2 is 2.12 bits per heavy atom. The highest BCUT2D eigenvalue weighted by molar-refractivity contribution is 5.94. The molecule has 1 saturated carbocycles. The lowest BCUT2D eigenvalue weighted by atomic mass is 9.95. The quantitative estimate of drug-likeness (QED) is 0.739. The average Bonchev–Trinajstić information content (AvgIpc) is 3.24. The second-order valence-corrected chi connectivity index (χ2v) is 9.06. The number of amides is 2. The first kappa shape index (κ1) is 20.0. The van der Waals surface area contributed by atoms with Gasteiger partial charge in [-0.25, -0.2) is 9.59 Å². The summed E-state index contributed by atoms with van der Waals surface area (Å²) in [6, 6.07) is 12.4. The van der Waals surface area contributed by atoms with Crippen LogP contribution in [0, 0.1) is 23.2 Å². The molecule has 0 bridgehead atoms. The fourth-order valence-electron chi connectivity index (χ4n) is 5.84. The maximum absolute atomic E-state index is 12.5. The third kappa shape index (κ3) is 2.84. The van der Waals surface area contributed by atoms with Gasteiger partial charge in [-0.05, 0) is 35.7 Å². The smallest absolute Gasteiger partial charge is 0.415 e. The normalized spacial score (nSPS) is 30.7. The zero-order valence-corrected chi connectivity index (χ0v) is 18.1. The number of alkyl carbamates (subject to hydrolysis) is 1. The van der Waals surface area contributed by atoms with Crippen LogP contribution in [0.1, 0.15) is 11.3 Å². The van der Waals surface area contributed by atoms with Crippen LogP contribution in [0.2, 0.25) is 0 Å². The number of methoxy groups -OCH3 is 1. The number of benzene rings is 1. The first-order valence-electron chi connectivity index (χ1n) is 11.1. The molecule has 0 spiro atoms. The number of anilines is 1. The van der Waals surface area contributed by atoms with E-state index in [0.29, 0.717) is 18.3 Å². The van der Waals surface area contributed by atoms with Crippen LogP contribution < -0.4 is 15.5 Å². The molecule has 2 aromatic rings. The van der Waals surface area contributed by atoms with Crippen LogP contribution in [0.15, 0.2) is 36.5 Å². The SMILES string of the molecule is COC(=O)NC[C@@H]1OC(=O)N2c3ccc(-c4ccc([C@@]5(C#N)[C@@H]6CNC[C@@H]65)nc4)cc3C[C@@H]12. The van der Waals surface area contributed by atoms with Gasteiger partial charge in [-0.15, -0.1) is 0 Å². The molecule has 2 amide bonds. The topological polar surface area (TPSA) is 117 Å². The van der Waals surface area contributed by atoms with Crippen molar-refractivity contribution >= 4 is 17.9 Å². The molecule has 2 N–H and O–H groups in total. The summed E-state index contributed by atoms with van der Waals surface area (Å²) in [4.78, 5) is 30.2. The van der Waals surface area contributed by atoms with E-state index in [1.54, 1.807) is 4.90 Å². The van der Waals surface area contributed by atoms with Crippen molar-refractivity contribution in [1.29, 1.82) is 5.26 Å². The van der Waals surface area contributed by atoms with Crippen molar-refractivity contribution in [3.8, 4) is 17.2 Å². The van der Waals surface area contributed by atoms with E-state index in [4.69, 9.17) is 4.74 Å². The highest BCUT2D eigenvalue weighted by Crippen LogP contribution is 2.60. The van der Waals surface area contributed by atoms with Gasteiger partial charge in [-0.2, -0.15) is 5.26 Å². The number of pyridine rings is 1. The van der Waals surface area contributed by atoms with E-state index in [0.717, 1.165) is 41.2 Å². The molecule has 5 atom stereocenters. The summed E-state index contributed by atoms with van der Waals surface area (Å²) in [5.41, 5.74) is 4.28. The van der Waals surface area contributed by atoms with Gasteiger partial charge in [0.05, 0.1) is 37.1 Å². The second kappa shape index (κ2) is 7.18. The van der Waals surface area contributed by atoms with E-state index >= 15 is 0 Å². The summed E-state index contributed by atoms with van der Waals surface area (Å²) in [5.74, 6) is 0.714. The van der Waals surface area contributed by atoms with Gasteiger partial charge in [-0.1, -0.05) is 12.1 Å². The molecule has 168 valence electrons. The number of hydrogen-bond acceptors (Lipinski definition) is 7. The van der Waals surface area contributed by atoms with E-state index in [2.05, 4.69) is 32.5 Å². The van der Waals surface area contributed by atoms with E-state index < -0.39 is 23.7 Å². The third-order valence-electron chi connectivity index (χ3n) is 7.59. The molecule has 9 heteroatoms. The molecule has 0 radical (unpaired) electrons. The molecular formula is C24H23N5O4. The van der Waals surface area contributed by atoms with Crippen LogP contribution in [0.3, 0.4) is 0 Å². The number of carbonyl (C=O) groups excluding carboxylic acids is 2. The lowest BCUT2D eigenvalue weighted by molar-refractivity contribution is 0.123. The maximum Gasteiger partial charge on any atom is 0.415 e. The number of rotatable bonds is 4. The Morgan fingerprint density at radius 3 is 2.82 bits per heavy atom. The molecule has 3 fully saturated rings. The number of nitriles is 1. The van der Waals surface area contributed by atoms with Crippen molar-refractivity contribution in [3.05, 3.63) is 47.8 Å². The van der Waals surface area contributed by atoms with Crippen molar-refractivity contribution < 1.29 is 19.1 Å². The van der Waals surface area contributed by atoms with Gasteiger partial charge in [0.25, 0.3) is 0 Å². The number of nitrogens with one attached hydrogen (secondary N) is 2. The minimum atomic E-state index is -0.553. The van der Waals surface area contributed by atoms with Gasteiger partial charge in [0.2, 0.25) is 0 Å². The van der Waals surface area contributed by atoms with Crippen molar-refractivity contribution in [2.75, 3.05) is 31.6 Å². The van der Waals surface area contributed by atoms with Gasteiger partial charge in [0.15, 0.2) is 0 Å². The number of piperidine rings is 1. The molecule has 1 aromatic heterocycles. The summed E-state index contributed by atoms with van der Waals surface area (Å²) >= 11 is 0. The van der Waals surface area contributed by atoms with Gasteiger partial charge in [0, 0.05) is 36.7 Å². The Balaban J connectivity index is 1.22. The van der Waals surface area contributed by atoms with Gasteiger partial charge in [0.1, 0.15) is 11.5 Å². The van der Waals surface area contributed by atoms with E-state index in [-0.39, 0.29) is 12.6 Å². The summed E-state index contributed by atoms with van der Waals surface area (Å²) < 4.78 is 10.1. The van der Waals surface area contributed by atoms with Gasteiger partial charge < -0.3 is 20.1 Å². The van der Waals surface area contributed by atoms with Crippen molar-refractivity contribution in [2.45, 2.75) is 24.0 Å².